The second-order valence-corrected chi connectivity index (χ2v) is 9.09. The van der Waals surface area contributed by atoms with Crippen LogP contribution < -0.4 is 9.64 Å². The first-order valence-electron chi connectivity index (χ1n) is 12.1. The maximum atomic E-state index is 12.5. The lowest BCUT2D eigenvalue weighted by atomic mass is 10.0. The Morgan fingerprint density at radius 2 is 1.71 bits per heavy atom. The van der Waals surface area contributed by atoms with Crippen molar-refractivity contribution in [2.45, 2.75) is 26.9 Å². The Balaban J connectivity index is 1.75. The molecule has 7 heteroatoms. The highest BCUT2D eigenvalue weighted by Crippen LogP contribution is 2.30. The molecular formula is C28H34N4O3. The van der Waals surface area contributed by atoms with E-state index in [1.165, 1.54) is 0 Å². The molecule has 1 aromatic heterocycles. The van der Waals surface area contributed by atoms with E-state index in [1.54, 1.807) is 14.2 Å². The minimum Gasteiger partial charge on any atom is -0.497 e. The lowest BCUT2D eigenvalue weighted by Crippen LogP contribution is -2.50. The summed E-state index contributed by atoms with van der Waals surface area (Å²) < 4.78 is 11.0. The van der Waals surface area contributed by atoms with Crippen LogP contribution in [0.5, 0.6) is 5.75 Å². The van der Waals surface area contributed by atoms with E-state index in [4.69, 9.17) is 19.4 Å². The molecule has 35 heavy (non-hydrogen) atoms. The van der Waals surface area contributed by atoms with Crippen LogP contribution >= 0.6 is 0 Å². The smallest absolute Gasteiger partial charge is 0.225 e. The van der Waals surface area contributed by atoms with Crippen LogP contribution in [0.15, 0.2) is 54.6 Å². The van der Waals surface area contributed by atoms with E-state index in [0.717, 1.165) is 47.0 Å². The molecule has 1 fully saturated rings. The zero-order chi connectivity index (χ0) is 24.8. The van der Waals surface area contributed by atoms with Crippen molar-refractivity contribution < 1.29 is 14.3 Å². The van der Waals surface area contributed by atoms with Crippen molar-refractivity contribution in [3.05, 3.63) is 71.4 Å². The molecule has 1 amide bonds. The number of nitrogens with zero attached hydrogens (tertiary/aromatic N) is 4. The van der Waals surface area contributed by atoms with Crippen molar-refractivity contribution in [3.8, 4) is 17.1 Å². The molecule has 0 aliphatic carbocycles. The number of hydrogen-bond acceptors (Lipinski definition) is 6. The Morgan fingerprint density at radius 3 is 2.37 bits per heavy atom. The summed E-state index contributed by atoms with van der Waals surface area (Å²) in [5.74, 6) is 2.62. The summed E-state index contributed by atoms with van der Waals surface area (Å²) in [4.78, 5) is 26.8. The molecule has 0 N–H and O–H groups in total. The van der Waals surface area contributed by atoms with E-state index in [1.807, 2.05) is 67.3 Å². The van der Waals surface area contributed by atoms with Crippen LogP contribution in [-0.2, 0) is 22.6 Å². The molecule has 3 aromatic rings. The predicted molar refractivity (Wildman–Crippen MR) is 138 cm³/mol. The van der Waals surface area contributed by atoms with Crippen LogP contribution in [0.25, 0.3) is 11.4 Å². The van der Waals surface area contributed by atoms with E-state index in [0.29, 0.717) is 31.9 Å². The molecule has 0 unspecified atom stereocenters. The molecular weight excluding hydrogens is 440 g/mol. The van der Waals surface area contributed by atoms with Crippen LogP contribution in [0.3, 0.4) is 0 Å². The maximum Gasteiger partial charge on any atom is 0.225 e. The number of benzene rings is 2. The average molecular weight is 475 g/mol. The van der Waals surface area contributed by atoms with E-state index in [2.05, 4.69) is 11.0 Å². The fraction of sp³-hybridized carbons (Fsp3) is 0.393. The first kappa shape index (κ1) is 24.7. The van der Waals surface area contributed by atoms with Crippen molar-refractivity contribution in [1.29, 1.82) is 0 Å². The third-order valence-electron chi connectivity index (χ3n) is 6.28. The topological polar surface area (TPSA) is 67.8 Å². The van der Waals surface area contributed by atoms with E-state index < -0.39 is 0 Å². The standard InChI is InChI=1S/C28H34N4O3/c1-20(2)28(33)32-15-13-31(14-16-32)27-24(18-21-9-8-12-23(17-21)35-4)25(19-34-3)29-26(30-27)22-10-6-5-7-11-22/h5-12,17,20H,13-16,18-19H2,1-4H3. The summed E-state index contributed by atoms with van der Waals surface area (Å²) in [5.41, 5.74) is 4.00. The van der Waals surface area contributed by atoms with Gasteiger partial charge in [0.05, 0.1) is 19.4 Å². The molecule has 0 bridgehead atoms. The molecule has 0 saturated carbocycles. The summed E-state index contributed by atoms with van der Waals surface area (Å²) in [7, 11) is 3.37. The fourth-order valence-corrected chi connectivity index (χ4v) is 4.42. The van der Waals surface area contributed by atoms with Crippen LogP contribution in [-0.4, -0.2) is 61.2 Å². The van der Waals surface area contributed by atoms with Gasteiger partial charge in [0.25, 0.3) is 0 Å². The molecule has 0 spiro atoms. The van der Waals surface area contributed by atoms with Gasteiger partial charge in [0, 0.05) is 56.8 Å². The second kappa shape index (κ2) is 11.3. The lowest BCUT2D eigenvalue weighted by Gasteiger charge is -2.37. The van der Waals surface area contributed by atoms with Crippen LogP contribution in [0.2, 0.25) is 0 Å². The first-order chi connectivity index (χ1) is 17.0. The Bertz CT molecular complexity index is 1140. The summed E-state index contributed by atoms with van der Waals surface area (Å²) in [6.45, 7) is 7.10. The van der Waals surface area contributed by atoms with E-state index in [9.17, 15) is 4.79 Å². The number of rotatable bonds is 8. The normalized spacial score (nSPS) is 13.9. The molecule has 184 valence electrons. The van der Waals surface area contributed by atoms with E-state index in [-0.39, 0.29) is 11.8 Å². The van der Waals surface area contributed by atoms with Gasteiger partial charge in [-0.25, -0.2) is 9.97 Å². The molecule has 0 radical (unpaired) electrons. The van der Waals surface area contributed by atoms with Crippen molar-refractivity contribution in [2.24, 2.45) is 5.92 Å². The Labute approximate surface area is 207 Å². The lowest BCUT2D eigenvalue weighted by molar-refractivity contribution is -0.134. The molecule has 7 nitrogen and oxygen atoms in total. The van der Waals surface area contributed by atoms with Crippen LogP contribution in [0, 0.1) is 5.92 Å². The predicted octanol–water partition coefficient (Wildman–Crippen LogP) is 4.19. The highest BCUT2D eigenvalue weighted by Gasteiger charge is 2.27. The fourth-order valence-electron chi connectivity index (χ4n) is 4.42. The number of hydrogen-bond donors (Lipinski definition) is 0. The van der Waals surface area contributed by atoms with Gasteiger partial charge in [-0.05, 0) is 17.7 Å². The summed E-state index contributed by atoms with van der Waals surface area (Å²) in [6.07, 6.45) is 0.658. The number of ether oxygens (including phenoxy) is 2. The number of carbonyl (C=O) groups excluding carboxylic acids is 1. The number of amides is 1. The van der Waals surface area contributed by atoms with Gasteiger partial charge in [-0.15, -0.1) is 0 Å². The quantitative estimate of drug-likeness (QED) is 0.488. The number of aromatic nitrogens is 2. The largest absolute Gasteiger partial charge is 0.497 e. The van der Waals surface area contributed by atoms with Gasteiger partial charge in [-0.3, -0.25) is 4.79 Å². The Hall–Kier alpha value is -3.45. The van der Waals surface area contributed by atoms with Crippen molar-refractivity contribution in [3.63, 3.8) is 0 Å². The third kappa shape index (κ3) is 5.80. The SMILES string of the molecule is COCc1nc(-c2ccccc2)nc(N2CCN(C(=O)C(C)C)CC2)c1Cc1cccc(OC)c1. The van der Waals surface area contributed by atoms with E-state index >= 15 is 0 Å². The summed E-state index contributed by atoms with van der Waals surface area (Å²) in [5, 5.41) is 0. The molecule has 2 aromatic carbocycles. The van der Waals surface area contributed by atoms with Crippen molar-refractivity contribution >= 4 is 11.7 Å². The Kier molecular flexibility index (Phi) is 7.98. The van der Waals surface area contributed by atoms with Crippen molar-refractivity contribution in [1.82, 2.24) is 14.9 Å². The van der Waals surface area contributed by atoms with Crippen LogP contribution in [0.1, 0.15) is 30.7 Å². The number of carbonyl (C=O) groups is 1. The second-order valence-electron chi connectivity index (χ2n) is 9.09. The number of methoxy groups -OCH3 is 2. The Morgan fingerprint density at radius 1 is 0.971 bits per heavy atom. The number of anilines is 1. The molecule has 4 rings (SSSR count). The first-order valence-corrected chi connectivity index (χ1v) is 12.1. The van der Waals surface area contributed by atoms with Gasteiger partial charge in [-0.2, -0.15) is 0 Å². The van der Waals surface area contributed by atoms with Crippen molar-refractivity contribution in [2.75, 3.05) is 45.3 Å². The molecule has 1 aliphatic rings. The zero-order valence-electron chi connectivity index (χ0n) is 21.0. The van der Waals surface area contributed by atoms with Gasteiger partial charge in [-0.1, -0.05) is 56.3 Å². The minimum absolute atomic E-state index is 0.00205. The maximum absolute atomic E-state index is 12.5. The highest BCUT2D eigenvalue weighted by molar-refractivity contribution is 5.78. The summed E-state index contributed by atoms with van der Waals surface area (Å²) >= 11 is 0. The average Bonchev–Trinajstić information content (AvgIpc) is 2.90. The molecule has 1 saturated heterocycles. The van der Waals surface area contributed by atoms with Gasteiger partial charge in [0.1, 0.15) is 11.6 Å². The molecule has 0 atom stereocenters. The minimum atomic E-state index is 0.00205. The number of piperazine rings is 1. The third-order valence-corrected chi connectivity index (χ3v) is 6.28. The van der Waals surface area contributed by atoms with Gasteiger partial charge in [0.2, 0.25) is 5.91 Å². The monoisotopic (exact) mass is 474 g/mol. The summed E-state index contributed by atoms with van der Waals surface area (Å²) in [6, 6.07) is 18.1. The highest BCUT2D eigenvalue weighted by atomic mass is 16.5. The van der Waals surface area contributed by atoms with Gasteiger partial charge < -0.3 is 19.3 Å². The van der Waals surface area contributed by atoms with Gasteiger partial charge in [0.15, 0.2) is 5.82 Å². The van der Waals surface area contributed by atoms with Gasteiger partial charge >= 0.3 is 0 Å². The molecule has 2 heterocycles. The molecule has 1 aliphatic heterocycles. The van der Waals surface area contributed by atoms with Crippen LogP contribution in [0.4, 0.5) is 5.82 Å². The zero-order valence-corrected chi connectivity index (χ0v) is 21.0.